The van der Waals surface area contributed by atoms with E-state index in [4.69, 9.17) is 0 Å². The summed E-state index contributed by atoms with van der Waals surface area (Å²) in [6.07, 6.45) is 5.10. The summed E-state index contributed by atoms with van der Waals surface area (Å²) in [6.45, 7) is 6.38. The molecular weight excluding hydrogens is 292 g/mol. The summed E-state index contributed by atoms with van der Waals surface area (Å²) in [7, 11) is 0. The minimum absolute atomic E-state index is 0.0546. The molecule has 1 N–H and O–H groups in total. The molecule has 0 aromatic heterocycles. The van der Waals surface area contributed by atoms with Gasteiger partial charge in [-0.1, -0.05) is 93.6 Å². The molecular formula is C23H26O. The minimum Gasteiger partial charge on any atom is -0.385 e. The van der Waals surface area contributed by atoms with E-state index in [1.165, 1.54) is 22.3 Å². The SMILES string of the molecule is CCC1=C(c2ccccc2)C(c2ccccc2)C(O)(C(C)C)C=C1. The molecule has 2 atom stereocenters. The van der Waals surface area contributed by atoms with Crippen molar-refractivity contribution in [2.75, 3.05) is 0 Å². The molecule has 0 aliphatic heterocycles. The lowest BCUT2D eigenvalue weighted by Gasteiger charge is -2.42. The molecule has 0 radical (unpaired) electrons. The van der Waals surface area contributed by atoms with Gasteiger partial charge in [0.2, 0.25) is 0 Å². The Morgan fingerprint density at radius 3 is 2.08 bits per heavy atom. The van der Waals surface area contributed by atoms with Crippen LogP contribution in [0.5, 0.6) is 0 Å². The van der Waals surface area contributed by atoms with Gasteiger partial charge in [0.1, 0.15) is 0 Å². The molecule has 0 fully saturated rings. The predicted octanol–water partition coefficient (Wildman–Crippen LogP) is 5.59. The first kappa shape index (κ1) is 16.7. The number of allylic oxidation sites excluding steroid dienone is 2. The lowest BCUT2D eigenvalue weighted by atomic mass is 9.66. The fourth-order valence-corrected chi connectivity index (χ4v) is 3.72. The fourth-order valence-electron chi connectivity index (χ4n) is 3.72. The molecule has 0 amide bonds. The zero-order chi connectivity index (χ0) is 17.2. The highest BCUT2D eigenvalue weighted by atomic mass is 16.3. The Morgan fingerprint density at radius 1 is 0.958 bits per heavy atom. The van der Waals surface area contributed by atoms with Crippen LogP contribution >= 0.6 is 0 Å². The molecule has 0 saturated carbocycles. The molecule has 1 aliphatic carbocycles. The van der Waals surface area contributed by atoms with E-state index >= 15 is 0 Å². The smallest absolute Gasteiger partial charge is 0.0962 e. The van der Waals surface area contributed by atoms with Gasteiger partial charge in [-0.15, -0.1) is 0 Å². The molecule has 1 nitrogen and oxygen atoms in total. The van der Waals surface area contributed by atoms with E-state index in [-0.39, 0.29) is 11.8 Å². The molecule has 124 valence electrons. The Morgan fingerprint density at radius 2 is 1.54 bits per heavy atom. The largest absolute Gasteiger partial charge is 0.385 e. The molecule has 2 aromatic rings. The molecule has 0 saturated heterocycles. The van der Waals surface area contributed by atoms with Crippen LogP contribution in [0.1, 0.15) is 44.2 Å². The third-order valence-corrected chi connectivity index (χ3v) is 5.17. The number of hydrogen-bond donors (Lipinski definition) is 1. The lowest BCUT2D eigenvalue weighted by molar-refractivity contribution is 0.0305. The zero-order valence-corrected chi connectivity index (χ0v) is 14.7. The van der Waals surface area contributed by atoms with Crippen molar-refractivity contribution in [1.82, 2.24) is 0 Å². The highest BCUT2D eigenvalue weighted by molar-refractivity contribution is 5.79. The van der Waals surface area contributed by atoms with E-state index in [1.807, 2.05) is 18.2 Å². The maximum absolute atomic E-state index is 11.6. The summed E-state index contributed by atoms with van der Waals surface area (Å²) in [5.41, 5.74) is 4.04. The van der Waals surface area contributed by atoms with Crippen LogP contribution in [0.25, 0.3) is 5.57 Å². The Labute approximate surface area is 145 Å². The van der Waals surface area contributed by atoms with E-state index in [0.717, 1.165) is 6.42 Å². The number of hydrogen-bond acceptors (Lipinski definition) is 1. The fraction of sp³-hybridized carbons (Fsp3) is 0.304. The maximum Gasteiger partial charge on any atom is 0.0962 e. The summed E-state index contributed by atoms with van der Waals surface area (Å²) >= 11 is 0. The van der Waals surface area contributed by atoms with Crippen molar-refractivity contribution in [2.45, 2.75) is 38.7 Å². The van der Waals surface area contributed by atoms with Crippen LogP contribution in [-0.4, -0.2) is 10.7 Å². The summed E-state index contributed by atoms with van der Waals surface area (Å²) in [4.78, 5) is 0. The second-order valence-electron chi connectivity index (χ2n) is 6.88. The molecule has 1 heteroatoms. The van der Waals surface area contributed by atoms with E-state index in [9.17, 15) is 5.11 Å². The highest BCUT2D eigenvalue weighted by Crippen LogP contribution is 2.49. The average molecular weight is 318 g/mol. The molecule has 0 spiro atoms. The number of benzene rings is 2. The van der Waals surface area contributed by atoms with Gasteiger partial charge in [0.05, 0.1) is 5.60 Å². The third kappa shape index (κ3) is 2.85. The van der Waals surface area contributed by atoms with Crippen molar-refractivity contribution in [3.05, 3.63) is 89.5 Å². The lowest BCUT2D eigenvalue weighted by Crippen LogP contribution is -2.42. The van der Waals surface area contributed by atoms with Crippen LogP contribution < -0.4 is 0 Å². The summed E-state index contributed by atoms with van der Waals surface area (Å²) in [5, 5.41) is 11.6. The van der Waals surface area contributed by atoms with Gasteiger partial charge in [0, 0.05) is 5.92 Å². The number of aliphatic hydroxyl groups is 1. The van der Waals surface area contributed by atoms with E-state index in [1.54, 1.807) is 0 Å². The molecule has 24 heavy (non-hydrogen) atoms. The monoisotopic (exact) mass is 318 g/mol. The van der Waals surface area contributed by atoms with E-state index in [0.29, 0.717) is 0 Å². The van der Waals surface area contributed by atoms with Crippen molar-refractivity contribution in [3.8, 4) is 0 Å². The van der Waals surface area contributed by atoms with Crippen LogP contribution in [0.3, 0.4) is 0 Å². The first-order valence-electron chi connectivity index (χ1n) is 8.83. The third-order valence-electron chi connectivity index (χ3n) is 5.17. The van der Waals surface area contributed by atoms with Gasteiger partial charge in [-0.05, 0) is 34.6 Å². The van der Waals surface area contributed by atoms with Gasteiger partial charge in [-0.3, -0.25) is 0 Å². The molecule has 3 rings (SSSR count). The maximum atomic E-state index is 11.6. The van der Waals surface area contributed by atoms with Gasteiger partial charge >= 0.3 is 0 Å². The number of rotatable bonds is 4. The summed E-state index contributed by atoms with van der Waals surface area (Å²) in [6, 6.07) is 20.9. The topological polar surface area (TPSA) is 20.2 Å². The van der Waals surface area contributed by atoms with Crippen molar-refractivity contribution in [2.24, 2.45) is 5.92 Å². The Bertz CT molecular complexity index is 740. The van der Waals surface area contributed by atoms with Crippen LogP contribution in [0.15, 0.2) is 78.4 Å². The van der Waals surface area contributed by atoms with E-state index in [2.05, 4.69) is 75.4 Å². The molecule has 0 bridgehead atoms. The van der Waals surface area contributed by atoms with E-state index < -0.39 is 5.60 Å². The van der Waals surface area contributed by atoms with Crippen LogP contribution in [-0.2, 0) is 0 Å². The normalized spacial score (nSPS) is 23.8. The van der Waals surface area contributed by atoms with Crippen LogP contribution in [0.4, 0.5) is 0 Å². The van der Waals surface area contributed by atoms with Gasteiger partial charge in [0.15, 0.2) is 0 Å². The van der Waals surface area contributed by atoms with Crippen LogP contribution in [0.2, 0.25) is 0 Å². The Balaban J connectivity index is 2.26. The molecule has 0 heterocycles. The van der Waals surface area contributed by atoms with Crippen molar-refractivity contribution < 1.29 is 5.11 Å². The van der Waals surface area contributed by atoms with Crippen molar-refractivity contribution >= 4 is 5.57 Å². The molecule has 2 unspecified atom stereocenters. The van der Waals surface area contributed by atoms with Gasteiger partial charge < -0.3 is 5.11 Å². The van der Waals surface area contributed by atoms with Gasteiger partial charge in [-0.2, -0.15) is 0 Å². The van der Waals surface area contributed by atoms with Crippen molar-refractivity contribution in [3.63, 3.8) is 0 Å². The van der Waals surface area contributed by atoms with Gasteiger partial charge in [0.25, 0.3) is 0 Å². The highest BCUT2D eigenvalue weighted by Gasteiger charge is 2.43. The second-order valence-corrected chi connectivity index (χ2v) is 6.88. The minimum atomic E-state index is -0.884. The summed E-state index contributed by atoms with van der Waals surface area (Å²) in [5.74, 6) is 0.0668. The quantitative estimate of drug-likeness (QED) is 0.779. The first-order valence-corrected chi connectivity index (χ1v) is 8.83. The van der Waals surface area contributed by atoms with Gasteiger partial charge in [-0.25, -0.2) is 0 Å². The zero-order valence-electron chi connectivity index (χ0n) is 14.7. The first-order chi connectivity index (χ1) is 11.6. The average Bonchev–Trinajstić information content (AvgIpc) is 2.62. The Kier molecular flexibility index (Phi) is 4.73. The predicted molar refractivity (Wildman–Crippen MR) is 102 cm³/mol. The van der Waals surface area contributed by atoms with Crippen molar-refractivity contribution in [1.29, 1.82) is 0 Å². The summed E-state index contributed by atoms with van der Waals surface area (Å²) < 4.78 is 0. The molecule has 1 aliphatic rings. The van der Waals surface area contributed by atoms with Crippen LogP contribution in [0, 0.1) is 5.92 Å². The Hall–Kier alpha value is -2.12. The molecule has 2 aromatic carbocycles. The second kappa shape index (κ2) is 6.78. The standard InChI is InChI=1S/C23H26O/c1-4-18-15-16-23(24,17(2)3)22(20-13-9-6-10-14-20)21(18)19-11-7-5-8-12-19/h5-17,22,24H,4H2,1-3H3.